The first-order valence-electron chi connectivity index (χ1n) is 7.33. The maximum atomic E-state index is 12.9. The van der Waals surface area contributed by atoms with Crippen LogP contribution in [-0.2, 0) is 0 Å². The molecule has 0 aliphatic carbocycles. The van der Waals surface area contributed by atoms with Crippen LogP contribution in [0.5, 0.6) is 0 Å². The summed E-state index contributed by atoms with van der Waals surface area (Å²) >= 11 is 0. The van der Waals surface area contributed by atoms with Crippen molar-refractivity contribution in [2.75, 3.05) is 13.1 Å². The van der Waals surface area contributed by atoms with Crippen LogP contribution in [0.25, 0.3) is 0 Å². The highest BCUT2D eigenvalue weighted by molar-refractivity contribution is 5.92. The molecule has 2 N–H and O–H groups in total. The van der Waals surface area contributed by atoms with Crippen LogP contribution < -0.4 is 0 Å². The molecule has 22 heavy (non-hydrogen) atoms. The molecule has 0 aliphatic heterocycles. The number of carbonyl (C=O) groups is 1. The number of aliphatic hydroxyl groups is 1. The number of aromatic nitrogens is 1. The number of hydrogen-bond donors (Lipinski definition) is 2. The largest absolute Gasteiger partial charge is 0.387 e. The zero-order chi connectivity index (χ0) is 16.1. The van der Waals surface area contributed by atoms with Gasteiger partial charge >= 0.3 is 0 Å². The van der Waals surface area contributed by atoms with Crippen LogP contribution in [0.2, 0.25) is 0 Å². The maximum absolute atomic E-state index is 12.9. The number of benzene rings is 1. The molecule has 0 saturated heterocycles. The minimum absolute atomic E-state index is 0.153. The molecule has 0 saturated carbocycles. The van der Waals surface area contributed by atoms with Crippen molar-refractivity contribution in [1.29, 1.82) is 0 Å². The van der Waals surface area contributed by atoms with Gasteiger partial charge in [0.1, 0.15) is 11.5 Å². The van der Waals surface area contributed by atoms with Gasteiger partial charge in [-0.15, -0.1) is 0 Å². The summed E-state index contributed by atoms with van der Waals surface area (Å²) in [7, 11) is 0. The van der Waals surface area contributed by atoms with E-state index in [9.17, 15) is 14.3 Å². The van der Waals surface area contributed by atoms with Crippen LogP contribution in [0.3, 0.4) is 0 Å². The van der Waals surface area contributed by atoms with Gasteiger partial charge in [0.2, 0.25) is 0 Å². The van der Waals surface area contributed by atoms with Gasteiger partial charge in [-0.1, -0.05) is 26.0 Å². The molecule has 1 aromatic heterocycles. The minimum Gasteiger partial charge on any atom is -0.387 e. The lowest BCUT2D eigenvalue weighted by Crippen LogP contribution is -2.37. The standard InChI is InChI=1S/C17H21FN2O2/c1-12(2)10-20(17(22)15-4-3-9-19-15)11-16(21)13-5-7-14(18)8-6-13/h3-9,12,16,19,21H,10-11H2,1-2H3/t16-/m0/s1. The molecule has 5 heteroatoms. The number of H-pyrrole nitrogens is 1. The maximum Gasteiger partial charge on any atom is 0.270 e. The Morgan fingerprint density at radius 3 is 2.45 bits per heavy atom. The van der Waals surface area contributed by atoms with E-state index in [1.165, 1.54) is 24.3 Å². The summed E-state index contributed by atoms with van der Waals surface area (Å²) in [6, 6.07) is 9.15. The smallest absolute Gasteiger partial charge is 0.270 e. The van der Waals surface area contributed by atoms with Crippen LogP contribution in [0.1, 0.15) is 36.0 Å². The van der Waals surface area contributed by atoms with Crippen molar-refractivity contribution in [3.63, 3.8) is 0 Å². The first kappa shape index (κ1) is 16.2. The zero-order valence-corrected chi connectivity index (χ0v) is 12.8. The van der Waals surface area contributed by atoms with Crippen LogP contribution >= 0.6 is 0 Å². The normalized spacial score (nSPS) is 12.4. The highest BCUT2D eigenvalue weighted by atomic mass is 19.1. The molecule has 1 heterocycles. The van der Waals surface area contributed by atoms with Gasteiger partial charge in [0.05, 0.1) is 12.6 Å². The quantitative estimate of drug-likeness (QED) is 0.862. The Morgan fingerprint density at radius 2 is 1.91 bits per heavy atom. The summed E-state index contributed by atoms with van der Waals surface area (Å²) in [4.78, 5) is 17.0. The monoisotopic (exact) mass is 304 g/mol. The van der Waals surface area contributed by atoms with E-state index in [2.05, 4.69) is 4.98 Å². The molecule has 0 fully saturated rings. The van der Waals surface area contributed by atoms with E-state index in [0.717, 1.165) is 0 Å². The molecule has 2 aromatic rings. The average molecular weight is 304 g/mol. The number of nitrogens with one attached hydrogen (secondary N) is 1. The average Bonchev–Trinajstić information content (AvgIpc) is 3.00. The van der Waals surface area contributed by atoms with Gasteiger partial charge < -0.3 is 15.0 Å². The predicted molar refractivity (Wildman–Crippen MR) is 82.9 cm³/mol. The van der Waals surface area contributed by atoms with Crippen LogP contribution in [-0.4, -0.2) is 34.0 Å². The number of aliphatic hydroxyl groups excluding tert-OH is 1. The minimum atomic E-state index is -0.849. The first-order valence-corrected chi connectivity index (χ1v) is 7.33. The fourth-order valence-electron chi connectivity index (χ4n) is 2.31. The molecular formula is C17H21FN2O2. The van der Waals surface area contributed by atoms with Gasteiger partial charge in [0.25, 0.3) is 5.91 Å². The van der Waals surface area contributed by atoms with Gasteiger partial charge in [-0.05, 0) is 35.7 Å². The molecule has 4 nitrogen and oxygen atoms in total. The van der Waals surface area contributed by atoms with Crippen molar-refractivity contribution in [2.24, 2.45) is 5.92 Å². The van der Waals surface area contributed by atoms with Crippen LogP contribution in [0, 0.1) is 11.7 Å². The lowest BCUT2D eigenvalue weighted by Gasteiger charge is -2.26. The summed E-state index contributed by atoms with van der Waals surface area (Å²) in [5, 5.41) is 10.3. The van der Waals surface area contributed by atoms with Crippen molar-refractivity contribution < 1.29 is 14.3 Å². The molecule has 2 rings (SSSR count). The molecule has 0 bridgehead atoms. The van der Waals surface area contributed by atoms with E-state index >= 15 is 0 Å². The fourth-order valence-corrected chi connectivity index (χ4v) is 2.31. The Balaban J connectivity index is 2.12. The third-order valence-electron chi connectivity index (χ3n) is 3.35. The number of nitrogens with zero attached hydrogens (tertiary/aromatic N) is 1. The van der Waals surface area contributed by atoms with Crippen molar-refractivity contribution >= 4 is 5.91 Å². The third kappa shape index (κ3) is 4.18. The van der Waals surface area contributed by atoms with E-state index in [-0.39, 0.29) is 24.2 Å². The van der Waals surface area contributed by atoms with Gasteiger partial charge in [-0.2, -0.15) is 0 Å². The summed E-state index contributed by atoms with van der Waals surface area (Å²) in [6.45, 7) is 4.73. The van der Waals surface area contributed by atoms with Crippen molar-refractivity contribution in [3.05, 3.63) is 59.7 Å². The second-order valence-electron chi connectivity index (χ2n) is 5.76. The molecule has 1 atom stereocenters. The van der Waals surface area contributed by atoms with E-state index in [0.29, 0.717) is 17.8 Å². The van der Waals surface area contributed by atoms with Gasteiger partial charge in [-0.25, -0.2) is 4.39 Å². The fraction of sp³-hybridized carbons (Fsp3) is 0.353. The molecule has 1 amide bonds. The van der Waals surface area contributed by atoms with E-state index in [1.54, 1.807) is 23.2 Å². The third-order valence-corrected chi connectivity index (χ3v) is 3.35. The van der Waals surface area contributed by atoms with Crippen molar-refractivity contribution in [3.8, 4) is 0 Å². The molecule has 118 valence electrons. The molecule has 0 spiro atoms. The summed E-state index contributed by atoms with van der Waals surface area (Å²) in [6.07, 6.45) is 0.843. The number of aromatic amines is 1. The molecule has 1 aromatic carbocycles. The SMILES string of the molecule is CC(C)CN(C[C@H](O)c1ccc(F)cc1)C(=O)c1ccc[nH]1. The molecule has 0 radical (unpaired) electrons. The van der Waals surface area contributed by atoms with Crippen molar-refractivity contribution in [2.45, 2.75) is 20.0 Å². The number of hydrogen-bond acceptors (Lipinski definition) is 2. The Hall–Kier alpha value is -2.14. The zero-order valence-electron chi connectivity index (χ0n) is 12.8. The topological polar surface area (TPSA) is 56.3 Å². The number of carbonyl (C=O) groups excluding carboxylic acids is 1. The molecule has 0 aliphatic rings. The highest BCUT2D eigenvalue weighted by Gasteiger charge is 2.21. The van der Waals surface area contributed by atoms with E-state index in [1.807, 2.05) is 13.8 Å². The van der Waals surface area contributed by atoms with Gasteiger partial charge in [-0.3, -0.25) is 4.79 Å². The Morgan fingerprint density at radius 1 is 1.23 bits per heavy atom. The number of rotatable bonds is 6. The van der Waals surface area contributed by atoms with Crippen molar-refractivity contribution in [1.82, 2.24) is 9.88 Å². The Labute approximate surface area is 129 Å². The Bertz CT molecular complexity index is 594. The summed E-state index contributed by atoms with van der Waals surface area (Å²) < 4.78 is 12.9. The van der Waals surface area contributed by atoms with Gasteiger partial charge in [0, 0.05) is 12.7 Å². The van der Waals surface area contributed by atoms with Crippen LogP contribution in [0.4, 0.5) is 4.39 Å². The molecule has 0 unspecified atom stereocenters. The molecular weight excluding hydrogens is 283 g/mol. The first-order chi connectivity index (χ1) is 10.5. The number of halogens is 1. The second kappa shape index (κ2) is 7.22. The predicted octanol–water partition coefficient (Wildman–Crippen LogP) is 2.99. The lowest BCUT2D eigenvalue weighted by molar-refractivity contribution is 0.0590. The summed E-state index contributed by atoms with van der Waals surface area (Å²) in [5.41, 5.74) is 1.08. The lowest BCUT2D eigenvalue weighted by atomic mass is 10.1. The van der Waals surface area contributed by atoms with E-state index < -0.39 is 6.10 Å². The summed E-state index contributed by atoms with van der Waals surface area (Å²) in [5.74, 6) is -0.225. The Kier molecular flexibility index (Phi) is 5.33. The second-order valence-corrected chi connectivity index (χ2v) is 5.76. The van der Waals surface area contributed by atoms with Crippen LogP contribution in [0.15, 0.2) is 42.6 Å². The highest BCUT2D eigenvalue weighted by Crippen LogP contribution is 2.17. The van der Waals surface area contributed by atoms with E-state index in [4.69, 9.17) is 0 Å². The number of amides is 1. The van der Waals surface area contributed by atoms with Gasteiger partial charge in [0.15, 0.2) is 0 Å².